The van der Waals surface area contributed by atoms with Gasteiger partial charge in [-0.3, -0.25) is 0 Å². The van der Waals surface area contributed by atoms with Crippen LogP contribution in [0.5, 0.6) is 11.5 Å². The Morgan fingerprint density at radius 3 is 2.33 bits per heavy atom. The zero-order valence-electron chi connectivity index (χ0n) is 12.4. The van der Waals surface area contributed by atoms with Gasteiger partial charge in [0.1, 0.15) is 0 Å². The van der Waals surface area contributed by atoms with Crippen molar-refractivity contribution >= 4 is 10.0 Å². The van der Waals surface area contributed by atoms with E-state index in [1.807, 2.05) is 24.3 Å². The average Bonchev–Trinajstić information content (AvgIpc) is 2.45. The van der Waals surface area contributed by atoms with Crippen LogP contribution in [0.15, 0.2) is 24.3 Å². The summed E-state index contributed by atoms with van der Waals surface area (Å²) in [4.78, 5) is 0. The standard InChI is InChI=1S/C15H23NO4S/c1-19-13-7-3-4-8-14(13)20-11-15(12-21(16,17)18)9-5-2-6-10-15/h3-4,7-8H,2,5-6,9-12H2,1H3,(H2,16,17,18). The topological polar surface area (TPSA) is 78.6 Å². The third-order valence-electron chi connectivity index (χ3n) is 4.02. The molecule has 0 spiro atoms. The van der Waals surface area contributed by atoms with E-state index >= 15 is 0 Å². The van der Waals surface area contributed by atoms with Crippen molar-refractivity contribution in [1.29, 1.82) is 0 Å². The lowest BCUT2D eigenvalue weighted by Gasteiger charge is -2.36. The van der Waals surface area contributed by atoms with Crippen LogP contribution in [-0.4, -0.2) is 27.9 Å². The Hall–Kier alpha value is -1.27. The monoisotopic (exact) mass is 313 g/mol. The molecule has 0 saturated heterocycles. The predicted octanol–water partition coefficient (Wildman–Crippen LogP) is 2.31. The molecule has 0 amide bonds. The van der Waals surface area contributed by atoms with E-state index in [0.29, 0.717) is 18.1 Å². The Morgan fingerprint density at radius 2 is 1.76 bits per heavy atom. The molecule has 1 aromatic rings. The molecular formula is C15H23NO4S. The number of ether oxygens (including phenoxy) is 2. The zero-order valence-corrected chi connectivity index (χ0v) is 13.2. The van der Waals surface area contributed by atoms with Crippen LogP contribution in [0.25, 0.3) is 0 Å². The summed E-state index contributed by atoms with van der Waals surface area (Å²) in [7, 11) is -1.93. The lowest BCUT2D eigenvalue weighted by Crippen LogP contribution is -2.40. The number of benzene rings is 1. The maximum absolute atomic E-state index is 11.5. The number of methoxy groups -OCH3 is 1. The maximum atomic E-state index is 11.5. The first-order valence-corrected chi connectivity index (χ1v) is 8.92. The Balaban J connectivity index is 2.12. The van der Waals surface area contributed by atoms with E-state index in [9.17, 15) is 8.42 Å². The van der Waals surface area contributed by atoms with Crippen molar-refractivity contribution in [2.75, 3.05) is 19.5 Å². The van der Waals surface area contributed by atoms with Crippen LogP contribution in [0.4, 0.5) is 0 Å². The van der Waals surface area contributed by atoms with Gasteiger partial charge >= 0.3 is 0 Å². The molecule has 21 heavy (non-hydrogen) atoms. The van der Waals surface area contributed by atoms with Gasteiger partial charge in [-0.15, -0.1) is 0 Å². The van der Waals surface area contributed by atoms with Crippen LogP contribution in [0.2, 0.25) is 0 Å². The van der Waals surface area contributed by atoms with Crippen LogP contribution in [0, 0.1) is 5.41 Å². The van der Waals surface area contributed by atoms with E-state index in [2.05, 4.69) is 0 Å². The smallest absolute Gasteiger partial charge is 0.209 e. The van der Waals surface area contributed by atoms with E-state index in [0.717, 1.165) is 32.1 Å². The van der Waals surface area contributed by atoms with Crippen molar-refractivity contribution in [1.82, 2.24) is 0 Å². The normalized spacial score (nSPS) is 18.2. The fourth-order valence-corrected chi connectivity index (χ4v) is 4.25. The third kappa shape index (κ3) is 4.61. The van der Waals surface area contributed by atoms with Gasteiger partial charge in [0.05, 0.1) is 19.5 Å². The molecule has 0 aliphatic heterocycles. The lowest BCUT2D eigenvalue weighted by atomic mass is 9.76. The maximum Gasteiger partial charge on any atom is 0.209 e. The van der Waals surface area contributed by atoms with Crippen LogP contribution in [0.3, 0.4) is 0 Å². The lowest BCUT2D eigenvalue weighted by molar-refractivity contribution is 0.116. The van der Waals surface area contributed by atoms with Gasteiger partial charge in [0.2, 0.25) is 10.0 Å². The Kier molecular flexibility index (Phi) is 5.11. The molecular weight excluding hydrogens is 290 g/mol. The average molecular weight is 313 g/mol. The minimum Gasteiger partial charge on any atom is -0.493 e. The SMILES string of the molecule is COc1ccccc1OCC1(CS(N)(=O)=O)CCCCC1. The zero-order chi connectivity index (χ0) is 15.3. The highest BCUT2D eigenvalue weighted by molar-refractivity contribution is 7.89. The molecule has 0 unspecified atom stereocenters. The first-order chi connectivity index (χ1) is 9.94. The quantitative estimate of drug-likeness (QED) is 0.874. The summed E-state index contributed by atoms with van der Waals surface area (Å²) in [5.74, 6) is 1.27. The summed E-state index contributed by atoms with van der Waals surface area (Å²) >= 11 is 0. The molecule has 0 radical (unpaired) electrons. The summed E-state index contributed by atoms with van der Waals surface area (Å²) in [5.41, 5.74) is -0.382. The van der Waals surface area contributed by atoms with Gasteiger partial charge in [-0.05, 0) is 25.0 Å². The summed E-state index contributed by atoms with van der Waals surface area (Å²) in [6.07, 6.45) is 4.84. The molecule has 0 aromatic heterocycles. The van der Waals surface area contributed by atoms with Crippen molar-refractivity contribution in [2.24, 2.45) is 10.6 Å². The number of hydrogen-bond donors (Lipinski definition) is 1. The van der Waals surface area contributed by atoms with Gasteiger partial charge in [0.15, 0.2) is 11.5 Å². The van der Waals surface area contributed by atoms with E-state index in [4.69, 9.17) is 14.6 Å². The molecule has 0 bridgehead atoms. The molecule has 0 heterocycles. The number of hydrogen-bond acceptors (Lipinski definition) is 4. The first kappa shape index (κ1) is 16.1. The Morgan fingerprint density at radius 1 is 1.14 bits per heavy atom. The molecule has 2 N–H and O–H groups in total. The molecule has 1 aromatic carbocycles. The van der Waals surface area contributed by atoms with Gasteiger partial charge in [-0.2, -0.15) is 0 Å². The van der Waals surface area contributed by atoms with Crippen LogP contribution in [0.1, 0.15) is 32.1 Å². The van der Waals surface area contributed by atoms with E-state index in [1.54, 1.807) is 7.11 Å². The van der Waals surface area contributed by atoms with Crippen molar-refractivity contribution in [3.63, 3.8) is 0 Å². The van der Waals surface area contributed by atoms with Crippen molar-refractivity contribution in [2.45, 2.75) is 32.1 Å². The van der Waals surface area contributed by atoms with Crippen molar-refractivity contribution in [3.8, 4) is 11.5 Å². The molecule has 5 nitrogen and oxygen atoms in total. The first-order valence-electron chi connectivity index (χ1n) is 7.20. The van der Waals surface area contributed by atoms with Crippen LogP contribution < -0.4 is 14.6 Å². The third-order valence-corrected chi connectivity index (χ3v) is 5.04. The molecule has 118 valence electrons. The molecule has 0 atom stereocenters. The second-order valence-electron chi connectivity index (χ2n) is 5.81. The molecule has 2 rings (SSSR count). The van der Waals surface area contributed by atoms with Crippen LogP contribution in [-0.2, 0) is 10.0 Å². The number of sulfonamides is 1. The predicted molar refractivity (Wildman–Crippen MR) is 82.0 cm³/mol. The van der Waals surface area contributed by atoms with Gasteiger partial charge in [0.25, 0.3) is 0 Å². The van der Waals surface area contributed by atoms with Crippen molar-refractivity contribution < 1.29 is 17.9 Å². The summed E-state index contributed by atoms with van der Waals surface area (Å²) < 4.78 is 34.2. The highest BCUT2D eigenvalue weighted by Gasteiger charge is 2.36. The Bertz CT molecular complexity index is 565. The largest absolute Gasteiger partial charge is 0.493 e. The fourth-order valence-electron chi connectivity index (χ4n) is 3.03. The van der Waals surface area contributed by atoms with E-state index in [1.165, 1.54) is 0 Å². The minimum absolute atomic E-state index is 0.0187. The Labute approximate surface area is 126 Å². The number of para-hydroxylation sites is 2. The molecule has 1 aliphatic carbocycles. The van der Waals surface area contributed by atoms with E-state index in [-0.39, 0.29) is 11.2 Å². The summed E-state index contributed by atoms with van der Waals surface area (Å²) in [6, 6.07) is 7.38. The van der Waals surface area contributed by atoms with Crippen molar-refractivity contribution in [3.05, 3.63) is 24.3 Å². The van der Waals surface area contributed by atoms with Crippen LogP contribution >= 0.6 is 0 Å². The molecule has 6 heteroatoms. The van der Waals surface area contributed by atoms with E-state index < -0.39 is 10.0 Å². The summed E-state index contributed by atoms with van der Waals surface area (Å²) in [5, 5.41) is 5.27. The van der Waals surface area contributed by atoms with Gasteiger partial charge in [-0.1, -0.05) is 31.4 Å². The summed E-state index contributed by atoms with van der Waals surface area (Å²) in [6.45, 7) is 0.351. The number of rotatable bonds is 6. The van der Waals surface area contributed by atoms with Gasteiger partial charge < -0.3 is 9.47 Å². The highest BCUT2D eigenvalue weighted by atomic mass is 32.2. The molecule has 1 aliphatic rings. The second-order valence-corrected chi connectivity index (χ2v) is 7.42. The highest BCUT2D eigenvalue weighted by Crippen LogP contribution is 2.38. The van der Waals surface area contributed by atoms with Gasteiger partial charge in [0, 0.05) is 5.41 Å². The molecule has 1 saturated carbocycles. The number of nitrogens with two attached hydrogens (primary N) is 1. The van der Waals surface area contributed by atoms with Gasteiger partial charge in [-0.25, -0.2) is 13.6 Å². The second kappa shape index (κ2) is 6.66. The number of primary sulfonamides is 1. The fraction of sp³-hybridized carbons (Fsp3) is 0.600. The minimum atomic E-state index is -3.51. The molecule has 1 fully saturated rings.